The van der Waals surface area contributed by atoms with E-state index in [-0.39, 0.29) is 6.10 Å². The lowest BCUT2D eigenvalue weighted by atomic mass is 10.3. The summed E-state index contributed by atoms with van der Waals surface area (Å²) < 4.78 is 13.0. The van der Waals surface area contributed by atoms with Crippen molar-refractivity contribution in [2.75, 3.05) is 32.9 Å². The Morgan fingerprint density at radius 3 is 3.00 bits per heavy atom. The Labute approximate surface area is 160 Å². The number of guanidine groups is 1. The third-order valence-electron chi connectivity index (χ3n) is 4.28. The summed E-state index contributed by atoms with van der Waals surface area (Å²) in [4.78, 5) is 4.65. The molecular weight excluding hydrogens is 342 g/mol. The third kappa shape index (κ3) is 6.37. The van der Waals surface area contributed by atoms with E-state index in [0.717, 1.165) is 63.0 Å². The first-order valence-corrected chi connectivity index (χ1v) is 9.65. The van der Waals surface area contributed by atoms with E-state index in [2.05, 4.69) is 27.6 Å². The molecule has 1 atom stereocenters. The minimum absolute atomic E-state index is 0.271. The predicted molar refractivity (Wildman–Crippen MR) is 106 cm³/mol. The Hall–Kier alpha value is -2.38. The van der Waals surface area contributed by atoms with Gasteiger partial charge in [0.25, 0.3) is 0 Å². The minimum Gasteiger partial charge on any atom is -0.379 e. The van der Waals surface area contributed by atoms with Gasteiger partial charge in [0, 0.05) is 38.1 Å². The molecule has 1 aliphatic rings. The monoisotopic (exact) mass is 371 g/mol. The van der Waals surface area contributed by atoms with E-state index in [0.29, 0.717) is 6.54 Å². The molecule has 2 heterocycles. The van der Waals surface area contributed by atoms with Crippen LogP contribution in [0.3, 0.4) is 0 Å². The lowest BCUT2D eigenvalue weighted by Crippen LogP contribution is -2.38. The number of benzene rings is 1. The highest BCUT2D eigenvalue weighted by Crippen LogP contribution is 2.09. The lowest BCUT2D eigenvalue weighted by Gasteiger charge is -2.12. The second kappa shape index (κ2) is 10.7. The molecule has 3 rings (SSSR count). The highest BCUT2D eigenvalue weighted by Gasteiger charge is 2.15. The molecule has 0 spiro atoms. The van der Waals surface area contributed by atoms with Crippen LogP contribution in [-0.2, 0) is 16.0 Å². The van der Waals surface area contributed by atoms with Gasteiger partial charge >= 0.3 is 0 Å². The van der Waals surface area contributed by atoms with Gasteiger partial charge in [-0.1, -0.05) is 18.2 Å². The summed E-state index contributed by atoms with van der Waals surface area (Å²) in [6.07, 6.45) is 6.09. The lowest BCUT2D eigenvalue weighted by molar-refractivity contribution is 0.0420. The highest BCUT2D eigenvalue weighted by molar-refractivity contribution is 5.79. The van der Waals surface area contributed by atoms with E-state index in [9.17, 15) is 0 Å². The third-order valence-corrected chi connectivity index (χ3v) is 4.28. The Bertz CT molecular complexity index is 695. The molecular formula is C20H29N5O2. The van der Waals surface area contributed by atoms with Gasteiger partial charge in [0.05, 0.1) is 31.1 Å². The number of nitrogens with zero attached hydrogens (tertiary/aromatic N) is 3. The van der Waals surface area contributed by atoms with E-state index < -0.39 is 0 Å². The van der Waals surface area contributed by atoms with Crippen LogP contribution < -0.4 is 10.6 Å². The zero-order chi connectivity index (χ0) is 18.7. The van der Waals surface area contributed by atoms with Crippen molar-refractivity contribution >= 4 is 5.96 Å². The van der Waals surface area contributed by atoms with E-state index in [4.69, 9.17) is 9.47 Å². The topological polar surface area (TPSA) is 72.7 Å². The molecule has 1 aromatic carbocycles. The molecule has 2 aromatic rings. The molecule has 27 heavy (non-hydrogen) atoms. The summed E-state index contributed by atoms with van der Waals surface area (Å²) in [6.45, 7) is 6.58. The standard InChI is InChI=1S/C20H29N5O2/c1-2-21-20(22-10-6-11-27-19-9-12-26-16-19)23-13-17-14-24-25(15-17)18-7-4-3-5-8-18/h3-5,7-8,14-15,19H,2,6,9-13,16H2,1H3,(H2,21,22,23). The first-order chi connectivity index (χ1) is 13.3. The first kappa shape index (κ1) is 19.4. The van der Waals surface area contributed by atoms with Crippen LogP contribution >= 0.6 is 0 Å². The van der Waals surface area contributed by atoms with Crippen LogP contribution in [0.25, 0.3) is 5.69 Å². The number of rotatable bonds is 9. The van der Waals surface area contributed by atoms with Gasteiger partial charge in [-0.05, 0) is 31.9 Å². The summed E-state index contributed by atoms with van der Waals surface area (Å²) in [6, 6.07) is 10.1. The van der Waals surface area contributed by atoms with E-state index in [1.54, 1.807) is 0 Å². The maximum atomic E-state index is 5.78. The van der Waals surface area contributed by atoms with Crippen LogP contribution in [0.5, 0.6) is 0 Å². The number of ether oxygens (including phenoxy) is 2. The van der Waals surface area contributed by atoms with Crippen molar-refractivity contribution in [1.82, 2.24) is 20.4 Å². The molecule has 2 N–H and O–H groups in total. The molecule has 146 valence electrons. The molecule has 7 nitrogen and oxygen atoms in total. The number of hydrogen-bond acceptors (Lipinski definition) is 4. The normalized spacial score (nSPS) is 17.2. The largest absolute Gasteiger partial charge is 0.379 e. The van der Waals surface area contributed by atoms with Crippen LogP contribution in [0.1, 0.15) is 25.3 Å². The SMILES string of the molecule is CCNC(=NCc1cnn(-c2ccccc2)c1)NCCCOC1CCOC1. The first-order valence-electron chi connectivity index (χ1n) is 9.65. The number of hydrogen-bond donors (Lipinski definition) is 2. The van der Waals surface area contributed by atoms with Gasteiger partial charge in [-0.3, -0.25) is 0 Å². The summed E-state index contributed by atoms with van der Waals surface area (Å²) in [5, 5.41) is 11.0. The van der Waals surface area contributed by atoms with Crippen molar-refractivity contribution in [1.29, 1.82) is 0 Å². The van der Waals surface area contributed by atoms with Crippen molar-refractivity contribution in [2.24, 2.45) is 4.99 Å². The quantitative estimate of drug-likeness (QED) is 0.401. The van der Waals surface area contributed by atoms with E-state index >= 15 is 0 Å². The fraction of sp³-hybridized carbons (Fsp3) is 0.500. The summed E-state index contributed by atoms with van der Waals surface area (Å²) in [5.41, 5.74) is 2.12. The van der Waals surface area contributed by atoms with Gasteiger partial charge in [-0.15, -0.1) is 0 Å². The highest BCUT2D eigenvalue weighted by atomic mass is 16.5. The zero-order valence-electron chi connectivity index (χ0n) is 15.9. The molecule has 0 radical (unpaired) electrons. The smallest absolute Gasteiger partial charge is 0.191 e. The molecule has 1 unspecified atom stereocenters. The number of aromatic nitrogens is 2. The average molecular weight is 371 g/mol. The molecule has 7 heteroatoms. The zero-order valence-corrected chi connectivity index (χ0v) is 15.9. The molecule has 0 amide bonds. The molecule has 0 bridgehead atoms. The van der Waals surface area contributed by atoms with Gasteiger partial charge < -0.3 is 20.1 Å². The van der Waals surface area contributed by atoms with Gasteiger partial charge in [0.2, 0.25) is 0 Å². The Balaban J connectivity index is 1.43. The van der Waals surface area contributed by atoms with Crippen molar-refractivity contribution in [3.05, 3.63) is 48.3 Å². The minimum atomic E-state index is 0.271. The van der Waals surface area contributed by atoms with Crippen LogP contribution in [0.15, 0.2) is 47.7 Å². The van der Waals surface area contributed by atoms with Crippen LogP contribution in [-0.4, -0.2) is 54.8 Å². The molecule has 1 aliphatic heterocycles. The van der Waals surface area contributed by atoms with Crippen molar-refractivity contribution in [3.63, 3.8) is 0 Å². The molecule has 0 saturated carbocycles. The van der Waals surface area contributed by atoms with Gasteiger partial charge in [0.15, 0.2) is 5.96 Å². The van der Waals surface area contributed by atoms with Gasteiger partial charge in [-0.2, -0.15) is 5.10 Å². The Morgan fingerprint density at radius 1 is 1.33 bits per heavy atom. The predicted octanol–water partition coefficient (Wildman–Crippen LogP) is 2.12. The van der Waals surface area contributed by atoms with Crippen LogP contribution in [0, 0.1) is 0 Å². The Kier molecular flexibility index (Phi) is 7.68. The summed E-state index contributed by atoms with van der Waals surface area (Å²) in [7, 11) is 0. The second-order valence-electron chi connectivity index (χ2n) is 6.46. The fourth-order valence-corrected chi connectivity index (χ4v) is 2.85. The van der Waals surface area contributed by atoms with Crippen molar-refractivity contribution in [3.8, 4) is 5.69 Å². The Morgan fingerprint density at radius 2 is 2.22 bits per heavy atom. The van der Waals surface area contributed by atoms with Gasteiger partial charge in [0.1, 0.15) is 0 Å². The number of nitrogens with one attached hydrogen (secondary N) is 2. The summed E-state index contributed by atoms with van der Waals surface area (Å²) in [5.74, 6) is 0.814. The van der Waals surface area contributed by atoms with Crippen LogP contribution in [0.4, 0.5) is 0 Å². The summed E-state index contributed by atoms with van der Waals surface area (Å²) >= 11 is 0. The fourth-order valence-electron chi connectivity index (χ4n) is 2.85. The maximum absolute atomic E-state index is 5.78. The molecule has 0 aliphatic carbocycles. The van der Waals surface area contributed by atoms with Crippen molar-refractivity contribution < 1.29 is 9.47 Å². The average Bonchev–Trinajstić information content (AvgIpc) is 3.38. The molecule has 1 fully saturated rings. The second-order valence-corrected chi connectivity index (χ2v) is 6.46. The van der Waals surface area contributed by atoms with Crippen LogP contribution in [0.2, 0.25) is 0 Å². The molecule has 1 aromatic heterocycles. The number of aliphatic imine (C=N–C) groups is 1. The number of para-hydroxylation sites is 1. The molecule has 1 saturated heterocycles. The maximum Gasteiger partial charge on any atom is 0.191 e. The van der Waals surface area contributed by atoms with E-state index in [1.165, 1.54) is 0 Å². The van der Waals surface area contributed by atoms with Crippen molar-refractivity contribution in [2.45, 2.75) is 32.4 Å². The van der Waals surface area contributed by atoms with E-state index in [1.807, 2.05) is 47.4 Å². The van der Waals surface area contributed by atoms with Gasteiger partial charge in [-0.25, -0.2) is 9.67 Å².